The molecule has 0 aliphatic carbocycles. The van der Waals surface area contributed by atoms with Gasteiger partial charge >= 0.3 is 0 Å². The van der Waals surface area contributed by atoms with Crippen LogP contribution in [0.4, 0.5) is 0 Å². The Kier molecular flexibility index (Phi) is 5.35. The van der Waals surface area contributed by atoms with Gasteiger partial charge in [-0.1, -0.05) is 6.07 Å². The number of hydrogen-bond acceptors (Lipinski definition) is 6. The molecule has 2 aromatic heterocycles. The van der Waals surface area contributed by atoms with Crippen molar-refractivity contribution in [2.75, 3.05) is 20.8 Å². The lowest BCUT2D eigenvalue weighted by Crippen LogP contribution is -2.33. The molecule has 0 saturated heterocycles. The standard InChI is InChI=1S/C18H20N4O3/c1-24-11-16(15-5-3-4-6-19-15)22-17(23)8-13-7-12-9-21-18(25-2)14(12)10-20-13/h3-7,10,16H,8-9,11H2,1-2H3,(H,22,23)/t16-/m1/s1. The number of nitrogens with zero attached hydrogens (tertiary/aromatic N) is 3. The maximum atomic E-state index is 12.4. The quantitative estimate of drug-likeness (QED) is 0.860. The Labute approximate surface area is 146 Å². The molecule has 0 aromatic carbocycles. The van der Waals surface area contributed by atoms with Gasteiger partial charge in [-0.05, 0) is 23.8 Å². The monoisotopic (exact) mass is 340 g/mol. The van der Waals surface area contributed by atoms with Crippen molar-refractivity contribution in [3.63, 3.8) is 0 Å². The second-order valence-electron chi connectivity index (χ2n) is 5.67. The number of ether oxygens (including phenoxy) is 2. The van der Waals surface area contributed by atoms with Gasteiger partial charge in [-0.25, -0.2) is 4.99 Å². The van der Waals surface area contributed by atoms with Crippen LogP contribution in [0.2, 0.25) is 0 Å². The maximum Gasteiger partial charge on any atom is 0.226 e. The van der Waals surface area contributed by atoms with E-state index in [-0.39, 0.29) is 18.4 Å². The van der Waals surface area contributed by atoms with Gasteiger partial charge in [0.1, 0.15) is 0 Å². The zero-order valence-electron chi connectivity index (χ0n) is 14.2. The summed E-state index contributed by atoms with van der Waals surface area (Å²) >= 11 is 0. The Morgan fingerprint density at radius 3 is 2.92 bits per heavy atom. The van der Waals surface area contributed by atoms with Crippen LogP contribution in [0, 0.1) is 0 Å². The minimum Gasteiger partial charge on any atom is -0.481 e. The van der Waals surface area contributed by atoms with Crippen LogP contribution < -0.4 is 5.32 Å². The number of carbonyl (C=O) groups is 1. The molecule has 0 spiro atoms. The molecule has 0 unspecified atom stereocenters. The molecule has 1 aliphatic rings. The van der Waals surface area contributed by atoms with Gasteiger partial charge in [0.05, 0.1) is 49.7 Å². The Hall–Kier alpha value is -2.80. The highest BCUT2D eigenvalue weighted by Gasteiger charge is 2.20. The molecule has 25 heavy (non-hydrogen) atoms. The molecule has 0 saturated carbocycles. The Bertz CT molecular complexity index is 777. The molecule has 1 N–H and O–H groups in total. The van der Waals surface area contributed by atoms with Crippen molar-refractivity contribution in [2.24, 2.45) is 4.99 Å². The summed E-state index contributed by atoms with van der Waals surface area (Å²) in [5, 5.41) is 2.95. The van der Waals surface area contributed by atoms with Crippen molar-refractivity contribution >= 4 is 11.8 Å². The maximum absolute atomic E-state index is 12.4. The average molecular weight is 340 g/mol. The third kappa shape index (κ3) is 4.00. The fraction of sp³-hybridized carbons (Fsp3) is 0.333. The number of carbonyl (C=O) groups excluding carboxylic acids is 1. The second-order valence-corrected chi connectivity index (χ2v) is 5.67. The first-order chi connectivity index (χ1) is 12.2. The number of aliphatic imine (C=N–C) groups is 1. The van der Waals surface area contributed by atoms with Gasteiger partial charge in [0.2, 0.25) is 11.8 Å². The van der Waals surface area contributed by atoms with Gasteiger partial charge in [0.25, 0.3) is 0 Å². The summed E-state index contributed by atoms with van der Waals surface area (Å²) < 4.78 is 10.4. The summed E-state index contributed by atoms with van der Waals surface area (Å²) in [4.78, 5) is 25.3. The number of pyridine rings is 2. The summed E-state index contributed by atoms with van der Waals surface area (Å²) in [5.41, 5.74) is 3.36. The van der Waals surface area contributed by atoms with E-state index < -0.39 is 0 Å². The Morgan fingerprint density at radius 1 is 1.32 bits per heavy atom. The lowest BCUT2D eigenvalue weighted by Gasteiger charge is -2.17. The molecule has 0 bridgehead atoms. The third-order valence-corrected chi connectivity index (χ3v) is 3.92. The molecular weight excluding hydrogens is 320 g/mol. The van der Waals surface area contributed by atoms with E-state index in [0.717, 1.165) is 16.8 Å². The molecule has 3 heterocycles. The molecule has 1 aliphatic heterocycles. The van der Waals surface area contributed by atoms with Crippen molar-refractivity contribution in [3.05, 3.63) is 59.2 Å². The van der Waals surface area contributed by atoms with E-state index in [4.69, 9.17) is 9.47 Å². The van der Waals surface area contributed by atoms with Crippen molar-refractivity contribution in [1.82, 2.24) is 15.3 Å². The van der Waals surface area contributed by atoms with Crippen molar-refractivity contribution < 1.29 is 14.3 Å². The number of fused-ring (bicyclic) bond motifs is 1. The highest BCUT2D eigenvalue weighted by atomic mass is 16.5. The second kappa shape index (κ2) is 7.85. The van der Waals surface area contributed by atoms with Crippen LogP contribution >= 0.6 is 0 Å². The van der Waals surface area contributed by atoms with Gasteiger partial charge in [-0.2, -0.15) is 0 Å². The number of nitrogens with one attached hydrogen (secondary N) is 1. The van der Waals surface area contributed by atoms with E-state index in [9.17, 15) is 4.79 Å². The van der Waals surface area contributed by atoms with E-state index in [0.29, 0.717) is 24.7 Å². The highest BCUT2D eigenvalue weighted by molar-refractivity contribution is 5.97. The van der Waals surface area contributed by atoms with Gasteiger partial charge in [-0.15, -0.1) is 0 Å². The zero-order chi connectivity index (χ0) is 17.6. The molecule has 0 radical (unpaired) electrons. The smallest absolute Gasteiger partial charge is 0.226 e. The van der Waals surface area contributed by atoms with Crippen LogP contribution in [-0.2, 0) is 27.2 Å². The normalized spacial score (nSPS) is 13.8. The van der Waals surface area contributed by atoms with Crippen molar-refractivity contribution in [2.45, 2.75) is 19.0 Å². The van der Waals surface area contributed by atoms with E-state index in [1.54, 1.807) is 26.6 Å². The number of hydrogen-bond donors (Lipinski definition) is 1. The van der Waals surface area contributed by atoms with Gasteiger partial charge in [0.15, 0.2) is 0 Å². The van der Waals surface area contributed by atoms with Crippen LogP contribution in [0.1, 0.15) is 28.6 Å². The van der Waals surface area contributed by atoms with Crippen molar-refractivity contribution in [1.29, 1.82) is 0 Å². The summed E-state index contributed by atoms with van der Waals surface area (Å²) in [6, 6.07) is 7.18. The third-order valence-electron chi connectivity index (χ3n) is 3.92. The topological polar surface area (TPSA) is 85.7 Å². The minimum atomic E-state index is -0.295. The first-order valence-electron chi connectivity index (χ1n) is 7.97. The molecule has 1 atom stereocenters. The largest absolute Gasteiger partial charge is 0.481 e. The molecule has 1 amide bonds. The number of methoxy groups -OCH3 is 2. The van der Waals surface area contributed by atoms with Crippen LogP contribution in [0.25, 0.3) is 0 Å². The van der Waals surface area contributed by atoms with Crippen LogP contribution in [0.3, 0.4) is 0 Å². The Balaban J connectivity index is 1.66. The van der Waals surface area contributed by atoms with Crippen molar-refractivity contribution in [3.8, 4) is 0 Å². The fourth-order valence-electron chi connectivity index (χ4n) is 2.74. The van der Waals surface area contributed by atoms with E-state index in [2.05, 4.69) is 20.3 Å². The Morgan fingerprint density at radius 2 is 2.20 bits per heavy atom. The van der Waals surface area contributed by atoms with E-state index in [1.165, 1.54) is 0 Å². The molecule has 2 aromatic rings. The number of amides is 1. The molecule has 0 fully saturated rings. The molecule has 3 rings (SSSR count). The summed E-state index contributed by atoms with van der Waals surface area (Å²) in [5.74, 6) is 0.458. The molecular formula is C18H20N4O3. The van der Waals surface area contributed by atoms with Crippen LogP contribution in [0.5, 0.6) is 0 Å². The summed E-state index contributed by atoms with van der Waals surface area (Å²) in [6.07, 6.45) is 3.58. The highest BCUT2D eigenvalue weighted by Crippen LogP contribution is 2.19. The summed E-state index contributed by atoms with van der Waals surface area (Å²) in [7, 11) is 3.18. The molecule has 7 heteroatoms. The van der Waals surface area contributed by atoms with E-state index >= 15 is 0 Å². The first kappa shape index (κ1) is 17.0. The lowest BCUT2D eigenvalue weighted by molar-refractivity contribution is -0.121. The first-order valence-corrected chi connectivity index (χ1v) is 7.97. The van der Waals surface area contributed by atoms with Gasteiger partial charge in [0, 0.05) is 19.5 Å². The average Bonchev–Trinajstić information content (AvgIpc) is 3.04. The molecule has 130 valence electrons. The van der Waals surface area contributed by atoms with Gasteiger partial charge < -0.3 is 14.8 Å². The van der Waals surface area contributed by atoms with E-state index in [1.807, 2.05) is 24.3 Å². The molecule has 7 nitrogen and oxygen atoms in total. The number of rotatable bonds is 6. The fourth-order valence-corrected chi connectivity index (χ4v) is 2.74. The number of aromatic nitrogens is 2. The SMILES string of the molecule is COC[C@@H](NC(=O)Cc1cc2c(cn1)C(OC)=NC2)c1ccccn1. The predicted molar refractivity (Wildman–Crippen MR) is 92.2 cm³/mol. The van der Waals surface area contributed by atoms with Gasteiger partial charge in [-0.3, -0.25) is 14.8 Å². The van der Waals surface area contributed by atoms with Crippen LogP contribution in [-0.4, -0.2) is 42.6 Å². The summed E-state index contributed by atoms with van der Waals surface area (Å²) in [6.45, 7) is 0.904. The minimum absolute atomic E-state index is 0.133. The zero-order valence-corrected chi connectivity index (χ0v) is 14.2. The predicted octanol–water partition coefficient (Wildman–Crippen LogP) is 1.43. The lowest BCUT2D eigenvalue weighted by atomic mass is 10.1. The van der Waals surface area contributed by atoms with Crippen LogP contribution in [0.15, 0.2) is 41.7 Å².